The third-order valence-corrected chi connectivity index (χ3v) is 2.50. The highest BCUT2D eigenvalue weighted by atomic mass is 16.3. The fraction of sp³-hybridized carbons (Fsp3) is 0.800. The van der Waals surface area contributed by atoms with Crippen LogP contribution in [-0.2, 0) is 4.79 Å². The summed E-state index contributed by atoms with van der Waals surface area (Å²) in [4.78, 5) is 15.1. The minimum Gasteiger partial charge on any atom is -0.387 e. The summed E-state index contributed by atoms with van der Waals surface area (Å²) in [6.45, 7) is 7.04. The molecule has 0 aliphatic carbocycles. The molecule has 0 rings (SSSR count). The van der Waals surface area contributed by atoms with Gasteiger partial charge in [-0.15, -0.1) is 0 Å². The van der Waals surface area contributed by atoms with Gasteiger partial charge < -0.3 is 10.8 Å². The van der Waals surface area contributed by atoms with E-state index in [0.717, 1.165) is 6.42 Å². The maximum atomic E-state index is 11.4. The van der Waals surface area contributed by atoms with E-state index in [4.69, 9.17) is 5.73 Å². The lowest BCUT2D eigenvalue weighted by Gasteiger charge is -2.17. The Hall–Kier alpha value is -0.900. The van der Waals surface area contributed by atoms with E-state index in [1.165, 1.54) is 6.92 Å². The standard InChI is InChI=1S/C10H20N2O2/c1-5-7(3)8(11)12-9(13)10(4,14)6-2/h7,14H,5-6H2,1-4H3,(H2,11,12,13). The second-order valence-corrected chi connectivity index (χ2v) is 3.78. The van der Waals surface area contributed by atoms with Crippen molar-refractivity contribution in [3.05, 3.63) is 0 Å². The Labute approximate surface area is 85.2 Å². The monoisotopic (exact) mass is 200 g/mol. The molecule has 0 bridgehead atoms. The Morgan fingerprint density at radius 1 is 1.57 bits per heavy atom. The lowest BCUT2D eigenvalue weighted by Crippen LogP contribution is -2.35. The molecule has 0 aromatic heterocycles. The molecule has 4 heteroatoms. The molecular weight excluding hydrogens is 180 g/mol. The van der Waals surface area contributed by atoms with Crippen molar-refractivity contribution in [2.45, 2.75) is 46.1 Å². The molecule has 14 heavy (non-hydrogen) atoms. The molecule has 1 amide bonds. The van der Waals surface area contributed by atoms with Gasteiger partial charge in [0.05, 0.1) is 0 Å². The largest absolute Gasteiger partial charge is 0.387 e. The van der Waals surface area contributed by atoms with Crippen LogP contribution in [0.15, 0.2) is 4.99 Å². The van der Waals surface area contributed by atoms with Crippen molar-refractivity contribution in [2.75, 3.05) is 0 Å². The van der Waals surface area contributed by atoms with E-state index in [9.17, 15) is 9.90 Å². The molecule has 0 aliphatic heterocycles. The maximum Gasteiger partial charge on any atom is 0.278 e. The third-order valence-electron chi connectivity index (χ3n) is 2.50. The number of hydrogen-bond acceptors (Lipinski definition) is 2. The first kappa shape index (κ1) is 13.1. The first-order chi connectivity index (χ1) is 6.35. The highest BCUT2D eigenvalue weighted by Crippen LogP contribution is 2.11. The van der Waals surface area contributed by atoms with Gasteiger partial charge in [-0.3, -0.25) is 4.79 Å². The van der Waals surface area contributed by atoms with E-state index in [-0.39, 0.29) is 5.92 Å². The van der Waals surface area contributed by atoms with E-state index < -0.39 is 11.5 Å². The quantitative estimate of drug-likeness (QED) is 0.526. The summed E-state index contributed by atoms with van der Waals surface area (Å²) in [5, 5.41) is 9.58. The third kappa shape index (κ3) is 3.46. The number of nitrogens with two attached hydrogens (primary N) is 1. The van der Waals surface area contributed by atoms with Crippen LogP contribution in [0, 0.1) is 5.92 Å². The maximum absolute atomic E-state index is 11.4. The predicted octanol–water partition coefficient (Wildman–Crippen LogP) is 1.08. The van der Waals surface area contributed by atoms with Crippen LogP contribution in [0.4, 0.5) is 0 Å². The van der Waals surface area contributed by atoms with Crippen molar-refractivity contribution < 1.29 is 9.90 Å². The van der Waals surface area contributed by atoms with Crippen molar-refractivity contribution in [3.8, 4) is 0 Å². The zero-order valence-electron chi connectivity index (χ0n) is 9.37. The Bertz CT molecular complexity index is 234. The van der Waals surface area contributed by atoms with Crippen LogP contribution < -0.4 is 5.73 Å². The molecule has 0 heterocycles. The van der Waals surface area contributed by atoms with E-state index in [1.807, 2.05) is 13.8 Å². The molecule has 0 aromatic carbocycles. The van der Waals surface area contributed by atoms with E-state index >= 15 is 0 Å². The zero-order valence-corrected chi connectivity index (χ0v) is 9.37. The van der Waals surface area contributed by atoms with Gasteiger partial charge in [0.2, 0.25) is 0 Å². The molecule has 0 spiro atoms. The van der Waals surface area contributed by atoms with Gasteiger partial charge >= 0.3 is 0 Å². The van der Waals surface area contributed by atoms with E-state index in [0.29, 0.717) is 12.3 Å². The summed E-state index contributed by atoms with van der Waals surface area (Å²) >= 11 is 0. The van der Waals surface area contributed by atoms with E-state index in [1.54, 1.807) is 6.92 Å². The molecule has 0 fully saturated rings. The predicted molar refractivity (Wildman–Crippen MR) is 57.0 cm³/mol. The van der Waals surface area contributed by atoms with Crippen LogP contribution in [0.5, 0.6) is 0 Å². The molecular formula is C10H20N2O2. The highest BCUT2D eigenvalue weighted by molar-refractivity contribution is 5.97. The molecule has 4 nitrogen and oxygen atoms in total. The molecule has 82 valence electrons. The van der Waals surface area contributed by atoms with Gasteiger partial charge in [0.15, 0.2) is 0 Å². The average Bonchev–Trinajstić information content (AvgIpc) is 2.16. The Morgan fingerprint density at radius 2 is 2.07 bits per heavy atom. The van der Waals surface area contributed by atoms with Crippen LogP contribution in [-0.4, -0.2) is 22.5 Å². The van der Waals surface area contributed by atoms with Gasteiger partial charge in [0.1, 0.15) is 11.4 Å². The fourth-order valence-electron chi connectivity index (χ4n) is 0.708. The highest BCUT2D eigenvalue weighted by Gasteiger charge is 2.28. The minimum atomic E-state index is -1.39. The fourth-order valence-corrected chi connectivity index (χ4v) is 0.708. The first-order valence-electron chi connectivity index (χ1n) is 4.96. The summed E-state index contributed by atoms with van der Waals surface area (Å²) in [5.41, 5.74) is 4.21. The second kappa shape index (κ2) is 5.10. The van der Waals surface area contributed by atoms with Crippen LogP contribution >= 0.6 is 0 Å². The number of nitrogens with zero attached hydrogens (tertiary/aromatic N) is 1. The van der Waals surface area contributed by atoms with Crippen molar-refractivity contribution in [1.29, 1.82) is 0 Å². The van der Waals surface area contributed by atoms with Crippen molar-refractivity contribution in [3.63, 3.8) is 0 Å². The number of carbonyl (C=O) groups is 1. The summed E-state index contributed by atoms with van der Waals surface area (Å²) in [6.07, 6.45) is 1.17. The molecule has 3 N–H and O–H groups in total. The number of amidine groups is 1. The van der Waals surface area contributed by atoms with Gasteiger partial charge in [0.25, 0.3) is 5.91 Å². The van der Waals surface area contributed by atoms with E-state index in [2.05, 4.69) is 4.99 Å². The van der Waals surface area contributed by atoms with Gasteiger partial charge in [-0.05, 0) is 19.8 Å². The van der Waals surface area contributed by atoms with Crippen molar-refractivity contribution in [2.24, 2.45) is 16.6 Å². The molecule has 0 radical (unpaired) electrons. The van der Waals surface area contributed by atoms with Gasteiger partial charge in [0, 0.05) is 5.92 Å². The Morgan fingerprint density at radius 3 is 2.43 bits per heavy atom. The second-order valence-electron chi connectivity index (χ2n) is 3.78. The van der Waals surface area contributed by atoms with Gasteiger partial charge in [-0.25, -0.2) is 0 Å². The summed E-state index contributed by atoms with van der Waals surface area (Å²) in [6, 6.07) is 0. The molecule has 0 saturated carbocycles. The number of aliphatic hydroxyl groups is 1. The number of carbonyl (C=O) groups excluding carboxylic acids is 1. The van der Waals surface area contributed by atoms with Crippen LogP contribution in [0.2, 0.25) is 0 Å². The lowest BCUT2D eigenvalue weighted by molar-refractivity contribution is -0.134. The van der Waals surface area contributed by atoms with Gasteiger partial charge in [-0.2, -0.15) is 4.99 Å². The number of hydrogen-bond donors (Lipinski definition) is 2. The van der Waals surface area contributed by atoms with Crippen LogP contribution in [0.3, 0.4) is 0 Å². The van der Waals surface area contributed by atoms with Crippen LogP contribution in [0.25, 0.3) is 0 Å². The molecule has 0 aromatic rings. The Kier molecular flexibility index (Phi) is 4.77. The molecule has 0 aliphatic rings. The zero-order chi connectivity index (χ0) is 11.4. The number of aliphatic imine (C=N–C) groups is 1. The number of rotatable bonds is 4. The van der Waals surface area contributed by atoms with Crippen molar-refractivity contribution >= 4 is 11.7 Å². The summed E-state index contributed by atoms with van der Waals surface area (Å²) in [7, 11) is 0. The minimum absolute atomic E-state index is 0.0756. The summed E-state index contributed by atoms with van der Waals surface area (Å²) < 4.78 is 0. The SMILES string of the molecule is CCC(C)/C(N)=N/C(=O)C(C)(O)CC. The topological polar surface area (TPSA) is 75.7 Å². The lowest BCUT2D eigenvalue weighted by atomic mass is 10.0. The molecule has 0 saturated heterocycles. The summed E-state index contributed by atoms with van der Waals surface area (Å²) in [5.74, 6) is -0.185. The Balaban J connectivity index is 4.58. The molecule has 2 unspecified atom stereocenters. The van der Waals surface area contributed by atoms with Crippen molar-refractivity contribution in [1.82, 2.24) is 0 Å². The first-order valence-corrected chi connectivity index (χ1v) is 4.96. The smallest absolute Gasteiger partial charge is 0.278 e. The van der Waals surface area contributed by atoms with Crippen LogP contribution in [0.1, 0.15) is 40.5 Å². The normalized spacial score (nSPS) is 18.8. The van der Waals surface area contributed by atoms with Gasteiger partial charge in [-0.1, -0.05) is 20.8 Å². The number of amides is 1. The molecule has 2 atom stereocenters. The average molecular weight is 200 g/mol.